The van der Waals surface area contributed by atoms with Crippen molar-refractivity contribution in [3.05, 3.63) is 53.3 Å². The molecule has 0 saturated heterocycles. The van der Waals surface area contributed by atoms with E-state index in [4.69, 9.17) is 16.3 Å². The number of hydrogen-bond acceptors (Lipinski definition) is 3. The maximum absolute atomic E-state index is 11.9. The zero-order chi connectivity index (χ0) is 13.7. The summed E-state index contributed by atoms with van der Waals surface area (Å²) in [6.45, 7) is 0. The number of pyridine rings is 1. The maximum Gasteiger partial charge on any atom is 0.228 e. The van der Waals surface area contributed by atoms with Gasteiger partial charge in [-0.2, -0.15) is 0 Å². The first-order valence-electron chi connectivity index (χ1n) is 5.72. The molecule has 2 aromatic rings. The number of methoxy groups -OCH3 is 1. The van der Waals surface area contributed by atoms with Gasteiger partial charge in [0, 0.05) is 11.9 Å². The van der Waals surface area contributed by atoms with Gasteiger partial charge in [0.05, 0.1) is 13.5 Å². The molecule has 1 amide bonds. The molecule has 2 rings (SSSR count). The lowest BCUT2D eigenvalue weighted by molar-refractivity contribution is -0.115. The molecule has 0 spiro atoms. The Balaban J connectivity index is 2.01. The van der Waals surface area contributed by atoms with E-state index in [0.29, 0.717) is 10.8 Å². The second kappa shape index (κ2) is 6.20. The molecule has 0 aliphatic heterocycles. The Bertz CT molecular complexity index is 587. The summed E-state index contributed by atoms with van der Waals surface area (Å²) in [6, 6.07) is 10.7. The van der Waals surface area contributed by atoms with Gasteiger partial charge in [-0.1, -0.05) is 23.7 Å². The van der Waals surface area contributed by atoms with E-state index >= 15 is 0 Å². The van der Waals surface area contributed by atoms with Crippen molar-refractivity contribution in [1.82, 2.24) is 4.98 Å². The summed E-state index contributed by atoms with van der Waals surface area (Å²) in [7, 11) is 1.60. The minimum atomic E-state index is -0.115. The number of carbonyl (C=O) groups is 1. The highest BCUT2D eigenvalue weighted by atomic mass is 35.5. The molecule has 0 bridgehead atoms. The van der Waals surface area contributed by atoms with E-state index in [0.717, 1.165) is 11.3 Å². The van der Waals surface area contributed by atoms with Crippen LogP contribution in [0.3, 0.4) is 0 Å². The van der Waals surface area contributed by atoms with Crippen molar-refractivity contribution in [2.24, 2.45) is 0 Å². The molecule has 1 N–H and O–H groups in total. The Kier molecular flexibility index (Phi) is 4.36. The topological polar surface area (TPSA) is 51.2 Å². The van der Waals surface area contributed by atoms with Crippen LogP contribution in [0, 0.1) is 0 Å². The molecule has 5 heteroatoms. The molecule has 1 heterocycles. The lowest BCUT2D eigenvalue weighted by atomic mass is 10.1. The molecule has 0 aliphatic rings. The highest BCUT2D eigenvalue weighted by molar-refractivity contribution is 6.29. The summed E-state index contributed by atoms with van der Waals surface area (Å²) in [5.41, 5.74) is 1.52. The second-order valence-corrected chi connectivity index (χ2v) is 4.33. The van der Waals surface area contributed by atoms with E-state index in [1.807, 2.05) is 24.3 Å². The van der Waals surface area contributed by atoms with Gasteiger partial charge in [-0.3, -0.25) is 4.79 Å². The van der Waals surface area contributed by atoms with E-state index in [1.54, 1.807) is 25.4 Å². The van der Waals surface area contributed by atoms with Crippen LogP contribution in [0.2, 0.25) is 5.15 Å². The summed E-state index contributed by atoms with van der Waals surface area (Å²) >= 11 is 5.75. The number of amides is 1. The highest BCUT2D eigenvalue weighted by Gasteiger charge is 2.05. The van der Waals surface area contributed by atoms with Gasteiger partial charge in [-0.05, 0) is 29.8 Å². The lowest BCUT2D eigenvalue weighted by Gasteiger charge is -2.06. The number of carbonyl (C=O) groups excluding carboxylic acids is 1. The first-order valence-corrected chi connectivity index (χ1v) is 6.09. The molecule has 0 radical (unpaired) electrons. The largest absolute Gasteiger partial charge is 0.497 e. The number of halogens is 1. The zero-order valence-electron chi connectivity index (χ0n) is 10.4. The van der Waals surface area contributed by atoms with Crippen LogP contribution in [-0.4, -0.2) is 18.0 Å². The molecular formula is C14H13ClN2O2. The Morgan fingerprint density at radius 3 is 2.95 bits per heavy atom. The Labute approximate surface area is 116 Å². The number of aromatic nitrogens is 1. The van der Waals surface area contributed by atoms with Crippen LogP contribution in [0.15, 0.2) is 42.6 Å². The maximum atomic E-state index is 11.9. The fraction of sp³-hybridized carbons (Fsp3) is 0.143. The zero-order valence-corrected chi connectivity index (χ0v) is 11.1. The standard InChI is InChI=1S/C14H13ClN2O2/c1-19-12-4-2-3-10(7-12)8-14(18)17-11-5-6-16-13(15)9-11/h2-7,9H,8H2,1H3,(H,16,17,18). The van der Waals surface area contributed by atoms with Crippen LogP contribution in [0.5, 0.6) is 5.75 Å². The molecule has 0 fully saturated rings. The fourth-order valence-electron chi connectivity index (χ4n) is 1.65. The number of nitrogens with one attached hydrogen (secondary N) is 1. The van der Waals surface area contributed by atoms with Crippen molar-refractivity contribution in [3.8, 4) is 5.75 Å². The Hall–Kier alpha value is -2.07. The van der Waals surface area contributed by atoms with Crippen LogP contribution >= 0.6 is 11.6 Å². The molecule has 0 aliphatic carbocycles. The van der Waals surface area contributed by atoms with Crippen molar-refractivity contribution in [3.63, 3.8) is 0 Å². The van der Waals surface area contributed by atoms with Crippen LogP contribution in [0.1, 0.15) is 5.56 Å². The summed E-state index contributed by atoms with van der Waals surface area (Å²) in [5, 5.41) is 3.11. The SMILES string of the molecule is COc1cccc(CC(=O)Nc2ccnc(Cl)c2)c1. The minimum absolute atomic E-state index is 0.115. The normalized spacial score (nSPS) is 10.0. The minimum Gasteiger partial charge on any atom is -0.497 e. The van der Waals surface area contributed by atoms with E-state index in [-0.39, 0.29) is 12.3 Å². The third-order valence-corrected chi connectivity index (χ3v) is 2.72. The first kappa shape index (κ1) is 13.4. The van der Waals surface area contributed by atoms with E-state index in [9.17, 15) is 4.79 Å². The van der Waals surface area contributed by atoms with Gasteiger partial charge in [0.15, 0.2) is 0 Å². The average molecular weight is 277 g/mol. The number of benzene rings is 1. The third kappa shape index (κ3) is 3.96. The Morgan fingerprint density at radius 1 is 1.37 bits per heavy atom. The van der Waals surface area contributed by atoms with Crippen molar-refractivity contribution < 1.29 is 9.53 Å². The summed E-state index contributed by atoms with van der Waals surface area (Å²) < 4.78 is 5.11. The molecule has 1 aromatic carbocycles. The molecule has 98 valence electrons. The summed E-state index contributed by atoms with van der Waals surface area (Å²) in [6.07, 6.45) is 1.82. The van der Waals surface area contributed by atoms with Gasteiger partial charge in [0.1, 0.15) is 10.9 Å². The van der Waals surface area contributed by atoms with Gasteiger partial charge in [0.2, 0.25) is 5.91 Å². The molecule has 4 nitrogen and oxygen atoms in total. The van der Waals surface area contributed by atoms with Crippen molar-refractivity contribution in [2.45, 2.75) is 6.42 Å². The quantitative estimate of drug-likeness (QED) is 0.874. The summed E-state index contributed by atoms with van der Waals surface area (Å²) in [5.74, 6) is 0.618. The lowest BCUT2D eigenvalue weighted by Crippen LogP contribution is -2.14. The van der Waals surface area contributed by atoms with Crippen molar-refractivity contribution >= 4 is 23.2 Å². The van der Waals surface area contributed by atoms with Crippen LogP contribution in [-0.2, 0) is 11.2 Å². The van der Waals surface area contributed by atoms with Crippen molar-refractivity contribution in [1.29, 1.82) is 0 Å². The van der Waals surface area contributed by atoms with E-state index < -0.39 is 0 Å². The van der Waals surface area contributed by atoms with Crippen LogP contribution < -0.4 is 10.1 Å². The number of ether oxygens (including phenoxy) is 1. The van der Waals surface area contributed by atoms with Gasteiger partial charge in [-0.15, -0.1) is 0 Å². The third-order valence-electron chi connectivity index (χ3n) is 2.51. The van der Waals surface area contributed by atoms with Gasteiger partial charge in [-0.25, -0.2) is 4.98 Å². The number of anilines is 1. The molecular weight excluding hydrogens is 264 g/mol. The van der Waals surface area contributed by atoms with Gasteiger partial charge >= 0.3 is 0 Å². The first-order chi connectivity index (χ1) is 9.17. The number of hydrogen-bond donors (Lipinski definition) is 1. The molecule has 19 heavy (non-hydrogen) atoms. The van der Waals surface area contributed by atoms with Crippen LogP contribution in [0.25, 0.3) is 0 Å². The Morgan fingerprint density at radius 2 is 2.21 bits per heavy atom. The fourth-order valence-corrected chi connectivity index (χ4v) is 1.83. The smallest absolute Gasteiger partial charge is 0.228 e. The predicted molar refractivity (Wildman–Crippen MR) is 74.6 cm³/mol. The average Bonchev–Trinajstić information content (AvgIpc) is 2.38. The molecule has 1 aromatic heterocycles. The van der Waals surface area contributed by atoms with E-state index in [1.165, 1.54) is 0 Å². The molecule has 0 saturated carbocycles. The van der Waals surface area contributed by atoms with Crippen LogP contribution in [0.4, 0.5) is 5.69 Å². The highest BCUT2D eigenvalue weighted by Crippen LogP contribution is 2.15. The van der Waals surface area contributed by atoms with Gasteiger partial charge < -0.3 is 10.1 Å². The number of nitrogens with zero attached hydrogens (tertiary/aromatic N) is 1. The number of rotatable bonds is 4. The van der Waals surface area contributed by atoms with Crippen molar-refractivity contribution in [2.75, 3.05) is 12.4 Å². The second-order valence-electron chi connectivity index (χ2n) is 3.94. The molecule has 0 unspecified atom stereocenters. The summed E-state index contributed by atoms with van der Waals surface area (Å²) in [4.78, 5) is 15.7. The predicted octanol–water partition coefficient (Wildman–Crippen LogP) is 2.92. The molecule has 0 atom stereocenters. The van der Waals surface area contributed by atoms with E-state index in [2.05, 4.69) is 10.3 Å². The van der Waals surface area contributed by atoms with Gasteiger partial charge in [0.25, 0.3) is 0 Å². The monoisotopic (exact) mass is 276 g/mol.